The molecule has 5 nitrogen and oxygen atoms in total. The number of benzene rings is 1. The molecule has 154 valence electrons. The van der Waals surface area contributed by atoms with Gasteiger partial charge in [-0.05, 0) is 48.8 Å². The summed E-state index contributed by atoms with van der Waals surface area (Å²) >= 11 is 6.24. The van der Waals surface area contributed by atoms with Crippen LogP contribution >= 0.6 is 11.6 Å². The van der Waals surface area contributed by atoms with Crippen LogP contribution < -0.4 is 4.90 Å². The number of sulfonamides is 1. The fourth-order valence-corrected chi connectivity index (χ4v) is 8.03. The first-order valence-corrected chi connectivity index (χ1v) is 12.1. The maximum atomic E-state index is 13.3. The van der Waals surface area contributed by atoms with E-state index in [0.29, 0.717) is 44.9 Å². The first-order valence-electron chi connectivity index (χ1n) is 10.1. The molecule has 0 N–H and O–H groups in total. The quantitative estimate of drug-likeness (QED) is 0.742. The van der Waals surface area contributed by atoms with E-state index in [1.807, 2.05) is 25.1 Å². The molecule has 2 aliphatic carbocycles. The van der Waals surface area contributed by atoms with Gasteiger partial charge in [-0.1, -0.05) is 31.5 Å². The lowest BCUT2D eigenvalue weighted by Gasteiger charge is -2.40. The van der Waals surface area contributed by atoms with E-state index in [0.717, 1.165) is 22.7 Å². The van der Waals surface area contributed by atoms with Crippen LogP contribution in [0.1, 0.15) is 38.7 Å². The third-order valence-electron chi connectivity index (χ3n) is 7.78. The number of ketones is 1. The zero-order valence-electron chi connectivity index (χ0n) is 16.9. The van der Waals surface area contributed by atoms with Gasteiger partial charge >= 0.3 is 0 Å². The summed E-state index contributed by atoms with van der Waals surface area (Å²) in [6, 6.07) is 5.83. The molecule has 3 fully saturated rings. The topological polar surface area (TPSA) is 57.7 Å². The molecule has 2 saturated carbocycles. The van der Waals surface area contributed by atoms with Crippen LogP contribution in [0.15, 0.2) is 18.2 Å². The first kappa shape index (κ1) is 20.2. The largest absolute Gasteiger partial charge is 0.369 e. The number of hydrogen-bond donors (Lipinski definition) is 0. The molecule has 1 aromatic rings. The number of carbonyl (C=O) groups is 1. The van der Waals surface area contributed by atoms with Gasteiger partial charge in [0.05, 0.1) is 5.75 Å². The van der Waals surface area contributed by atoms with Crippen LogP contribution in [-0.4, -0.2) is 50.4 Å². The average Bonchev–Trinajstić information content (AvgIpc) is 2.98. The third kappa shape index (κ3) is 2.91. The van der Waals surface area contributed by atoms with E-state index >= 15 is 0 Å². The van der Waals surface area contributed by atoms with Crippen molar-refractivity contribution in [1.29, 1.82) is 0 Å². The van der Waals surface area contributed by atoms with E-state index in [9.17, 15) is 13.2 Å². The molecule has 2 bridgehead atoms. The Hall–Kier alpha value is -1.11. The number of nitrogens with zero attached hydrogens (tertiary/aromatic N) is 2. The highest BCUT2D eigenvalue weighted by Gasteiger charge is 2.65. The molecule has 3 aliphatic rings. The summed E-state index contributed by atoms with van der Waals surface area (Å²) in [6.07, 6.45) is 2.23. The highest BCUT2D eigenvalue weighted by Crippen LogP contribution is 2.64. The monoisotopic (exact) mass is 424 g/mol. The molecule has 0 spiro atoms. The van der Waals surface area contributed by atoms with E-state index in [1.54, 1.807) is 4.31 Å². The number of anilines is 1. The number of fused-ring (bicyclic) bond motifs is 2. The fourth-order valence-electron chi connectivity index (χ4n) is 5.66. The fraction of sp³-hybridized carbons (Fsp3) is 0.667. The molecule has 0 aromatic heterocycles. The van der Waals surface area contributed by atoms with Crippen LogP contribution in [0.2, 0.25) is 5.02 Å². The van der Waals surface area contributed by atoms with Gasteiger partial charge < -0.3 is 4.90 Å². The summed E-state index contributed by atoms with van der Waals surface area (Å²) < 4.78 is 28.1. The molecule has 0 amide bonds. The lowest BCUT2D eigenvalue weighted by molar-refractivity contribution is -0.128. The minimum absolute atomic E-state index is 0.0292. The lowest BCUT2D eigenvalue weighted by atomic mass is 9.70. The molecule has 2 atom stereocenters. The number of carbonyl (C=O) groups excluding carboxylic acids is 1. The number of Topliss-reactive ketones (excluding diaryl/α,β-unsaturated/α-hetero) is 1. The lowest BCUT2D eigenvalue weighted by Crippen LogP contribution is -2.52. The molecular formula is C21H29ClN2O3S. The average molecular weight is 425 g/mol. The molecular weight excluding hydrogens is 396 g/mol. The van der Waals surface area contributed by atoms with Crippen molar-refractivity contribution in [3.05, 3.63) is 28.8 Å². The van der Waals surface area contributed by atoms with Crippen molar-refractivity contribution < 1.29 is 13.2 Å². The van der Waals surface area contributed by atoms with Gasteiger partial charge in [-0.3, -0.25) is 4.79 Å². The highest BCUT2D eigenvalue weighted by atomic mass is 35.5. The van der Waals surface area contributed by atoms with Crippen molar-refractivity contribution in [3.8, 4) is 0 Å². The van der Waals surface area contributed by atoms with Crippen molar-refractivity contribution in [1.82, 2.24) is 4.31 Å². The number of hydrogen-bond acceptors (Lipinski definition) is 4. The summed E-state index contributed by atoms with van der Waals surface area (Å²) in [7, 11) is -3.48. The van der Waals surface area contributed by atoms with Gasteiger partial charge in [-0.25, -0.2) is 8.42 Å². The zero-order chi connectivity index (χ0) is 20.3. The predicted octanol–water partition coefficient (Wildman–Crippen LogP) is 3.50. The van der Waals surface area contributed by atoms with E-state index in [1.165, 1.54) is 0 Å². The smallest absolute Gasteiger partial charge is 0.215 e. The SMILES string of the molecule is Cc1c(Cl)cccc1N1CCN(S(=O)(=O)C[C@]23CC[C@H](CC2=O)C3(C)C)CC1. The van der Waals surface area contributed by atoms with Crippen molar-refractivity contribution in [2.75, 3.05) is 36.8 Å². The molecule has 1 heterocycles. The van der Waals surface area contributed by atoms with Gasteiger partial charge in [0.1, 0.15) is 5.78 Å². The standard InChI is InChI=1S/C21H29ClN2O3S/c1-15-17(22)5-4-6-18(15)23-9-11-24(12-10-23)28(26,27)14-21-8-7-16(13-19(21)25)20(21,2)3/h4-6,16H,7-14H2,1-3H3/t16-,21-/m1/s1. The summed E-state index contributed by atoms with van der Waals surface area (Å²) in [4.78, 5) is 14.9. The summed E-state index contributed by atoms with van der Waals surface area (Å²) in [5.41, 5.74) is 1.16. The second-order valence-corrected chi connectivity index (χ2v) is 11.6. The first-order chi connectivity index (χ1) is 13.1. The second-order valence-electron chi connectivity index (χ2n) is 9.19. The van der Waals surface area contributed by atoms with Gasteiger partial charge in [0.25, 0.3) is 0 Å². The number of piperazine rings is 1. The van der Waals surface area contributed by atoms with Crippen LogP contribution in [0, 0.1) is 23.7 Å². The zero-order valence-corrected chi connectivity index (χ0v) is 18.4. The summed E-state index contributed by atoms with van der Waals surface area (Å²) in [6.45, 7) is 8.33. The molecule has 1 aliphatic heterocycles. The Kier molecular flexibility index (Phi) is 4.83. The van der Waals surface area contributed by atoms with Gasteiger partial charge in [-0.2, -0.15) is 4.31 Å². The Bertz CT molecular complexity index is 906. The molecule has 1 aromatic carbocycles. The van der Waals surface area contributed by atoms with Crippen LogP contribution in [0.5, 0.6) is 0 Å². The van der Waals surface area contributed by atoms with Crippen LogP contribution in [0.25, 0.3) is 0 Å². The maximum absolute atomic E-state index is 13.3. The normalized spacial score (nSPS) is 30.2. The van der Waals surface area contributed by atoms with Gasteiger partial charge in [0.15, 0.2) is 0 Å². The number of rotatable bonds is 4. The predicted molar refractivity (Wildman–Crippen MR) is 112 cm³/mol. The van der Waals surface area contributed by atoms with Gasteiger partial charge in [0, 0.05) is 48.7 Å². The Morgan fingerprint density at radius 1 is 1.18 bits per heavy atom. The molecule has 1 saturated heterocycles. The Balaban J connectivity index is 1.49. The van der Waals surface area contributed by atoms with Crippen LogP contribution in [0.3, 0.4) is 0 Å². The van der Waals surface area contributed by atoms with E-state index in [4.69, 9.17) is 11.6 Å². The Morgan fingerprint density at radius 2 is 1.86 bits per heavy atom. The minimum atomic E-state index is -3.48. The van der Waals surface area contributed by atoms with Crippen molar-refractivity contribution >= 4 is 33.1 Å². The van der Waals surface area contributed by atoms with E-state index in [2.05, 4.69) is 18.7 Å². The van der Waals surface area contributed by atoms with Crippen molar-refractivity contribution in [2.45, 2.75) is 40.0 Å². The second kappa shape index (κ2) is 6.71. The number of halogens is 1. The molecule has 0 radical (unpaired) electrons. The molecule has 28 heavy (non-hydrogen) atoms. The molecule has 0 unspecified atom stereocenters. The van der Waals surface area contributed by atoms with E-state index < -0.39 is 15.4 Å². The van der Waals surface area contributed by atoms with E-state index in [-0.39, 0.29) is 17.0 Å². The highest BCUT2D eigenvalue weighted by molar-refractivity contribution is 7.89. The van der Waals surface area contributed by atoms with Crippen molar-refractivity contribution in [2.24, 2.45) is 16.7 Å². The molecule has 7 heteroatoms. The third-order valence-corrected chi connectivity index (χ3v) is 10.2. The summed E-state index contributed by atoms with van der Waals surface area (Å²) in [5.74, 6) is 0.460. The molecule has 4 rings (SSSR count). The summed E-state index contributed by atoms with van der Waals surface area (Å²) in [5, 5.41) is 0.726. The van der Waals surface area contributed by atoms with Crippen LogP contribution in [0.4, 0.5) is 5.69 Å². The van der Waals surface area contributed by atoms with Crippen LogP contribution in [-0.2, 0) is 14.8 Å². The maximum Gasteiger partial charge on any atom is 0.215 e. The minimum Gasteiger partial charge on any atom is -0.369 e. The van der Waals surface area contributed by atoms with Crippen molar-refractivity contribution in [3.63, 3.8) is 0 Å². The Morgan fingerprint density at radius 3 is 2.43 bits per heavy atom. The Labute approximate surface area is 173 Å². The van der Waals surface area contributed by atoms with Gasteiger partial charge in [0.2, 0.25) is 10.0 Å². The van der Waals surface area contributed by atoms with Gasteiger partial charge in [-0.15, -0.1) is 0 Å².